The van der Waals surface area contributed by atoms with E-state index >= 15 is 0 Å². The second kappa shape index (κ2) is 6.30. The highest BCUT2D eigenvalue weighted by atomic mass is 16.2. The lowest BCUT2D eigenvalue weighted by molar-refractivity contribution is 0.0452. The number of nitrogens with zero attached hydrogens (tertiary/aromatic N) is 4. The number of carbonyl (C=O) groups excluding carboxylic acids is 1. The lowest BCUT2D eigenvalue weighted by Gasteiger charge is -2.39. The van der Waals surface area contributed by atoms with Crippen molar-refractivity contribution in [3.05, 3.63) is 69.8 Å². The Hall–Kier alpha value is -3.02. The van der Waals surface area contributed by atoms with E-state index in [0.29, 0.717) is 25.3 Å². The molecule has 0 radical (unpaired) electrons. The molecule has 0 bridgehead atoms. The highest BCUT2D eigenvalue weighted by Gasteiger charge is 2.32. The van der Waals surface area contributed by atoms with Gasteiger partial charge in [-0.05, 0) is 37.0 Å². The van der Waals surface area contributed by atoms with E-state index in [9.17, 15) is 9.59 Å². The maximum atomic E-state index is 12.7. The van der Waals surface area contributed by atoms with Gasteiger partial charge in [-0.25, -0.2) is 9.67 Å². The van der Waals surface area contributed by atoms with Gasteiger partial charge < -0.3 is 4.90 Å². The Balaban J connectivity index is 1.26. The number of para-hydroxylation sites is 1. The van der Waals surface area contributed by atoms with E-state index in [2.05, 4.69) is 10.1 Å². The van der Waals surface area contributed by atoms with E-state index in [1.807, 2.05) is 30.3 Å². The standard InChI is InChI=1S/C21H20N4O2/c26-20-10-16-5-3-7-18(16)23-25(20)13-14-11-24(12-14)21(27)19-9-8-15-4-1-2-6-17(15)22-19/h1-2,4,6,8-10,14H,3,5,7,11-13H2. The summed E-state index contributed by atoms with van der Waals surface area (Å²) in [5, 5.41) is 5.55. The summed E-state index contributed by atoms with van der Waals surface area (Å²) in [6, 6.07) is 13.2. The predicted octanol–water partition coefficient (Wildman–Crippen LogP) is 2.05. The largest absolute Gasteiger partial charge is 0.336 e. The fraction of sp³-hybridized carbons (Fsp3) is 0.333. The first kappa shape index (κ1) is 16.2. The van der Waals surface area contributed by atoms with Crippen LogP contribution in [0.5, 0.6) is 0 Å². The third-order valence-corrected chi connectivity index (χ3v) is 5.52. The van der Waals surface area contributed by atoms with Crippen LogP contribution in [-0.2, 0) is 19.4 Å². The zero-order valence-electron chi connectivity index (χ0n) is 15.0. The van der Waals surface area contributed by atoms with Crippen LogP contribution in [-0.4, -0.2) is 38.7 Å². The molecule has 0 spiro atoms. The second-order valence-corrected chi connectivity index (χ2v) is 7.46. The van der Waals surface area contributed by atoms with Crippen molar-refractivity contribution in [2.75, 3.05) is 13.1 Å². The summed E-state index contributed by atoms with van der Waals surface area (Å²) in [5.74, 6) is 0.213. The molecule has 3 heterocycles. The molecule has 0 saturated carbocycles. The van der Waals surface area contributed by atoms with E-state index in [1.54, 1.807) is 21.7 Å². The van der Waals surface area contributed by atoms with Crippen LogP contribution in [0.3, 0.4) is 0 Å². The molecule has 136 valence electrons. The smallest absolute Gasteiger partial charge is 0.272 e. The summed E-state index contributed by atoms with van der Waals surface area (Å²) in [7, 11) is 0. The molecule has 0 atom stereocenters. The average molecular weight is 360 g/mol. The lowest BCUT2D eigenvalue weighted by Crippen LogP contribution is -2.52. The Morgan fingerprint density at radius 1 is 1.11 bits per heavy atom. The quantitative estimate of drug-likeness (QED) is 0.717. The topological polar surface area (TPSA) is 68.1 Å². The molecule has 1 saturated heterocycles. The molecule has 5 rings (SSSR count). The zero-order valence-corrected chi connectivity index (χ0v) is 15.0. The Morgan fingerprint density at radius 3 is 2.85 bits per heavy atom. The molecule has 3 aromatic rings. The van der Waals surface area contributed by atoms with Gasteiger partial charge in [0.1, 0.15) is 5.69 Å². The number of amides is 1. The molecule has 27 heavy (non-hydrogen) atoms. The van der Waals surface area contributed by atoms with Crippen molar-refractivity contribution in [2.45, 2.75) is 25.8 Å². The molecular formula is C21H20N4O2. The van der Waals surface area contributed by atoms with Gasteiger partial charge in [-0.15, -0.1) is 0 Å². The molecule has 1 fully saturated rings. The minimum absolute atomic E-state index is 0.0309. The van der Waals surface area contributed by atoms with Gasteiger partial charge in [0.15, 0.2) is 0 Å². The Kier molecular flexibility index (Phi) is 3.77. The third-order valence-electron chi connectivity index (χ3n) is 5.52. The van der Waals surface area contributed by atoms with E-state index in [1.165, 1.54) is 0 Å². The SMILES string of the molecule is O=C(c1ccc2ccccc2n1)N1CC(Cn2nc3c(cc2=O)CCC3)C1. The van der Waals surface area contributed by atoms with Crippen LogP contribution in [0.25, 0.3) is 10.9 Å². The Bertz CT molecular complexity index is 1100. The fourth-order valence-corrected chi connectivity index (χ4v) is 4.01. The number of fused-ring (bicyclic) bond motifs is 2. The minimum Gasteiger partial charge on any atom is -0.336 e. The van der Waals surface area contributed by atoms with Gasteiger partial charge in [-0.3, -0.25) is 9.59 Å². The highest BCUT2D eigenvalue weighted by Crippen LogP contribution is 2.22. The minimum atomic E-state index is -0.0498. The normalized spacial score (nSPS) is 16.4. The van der Waals surface area contributed by atoms with Gasteiger partial charge in [-0.1, -0.05) is 24.3 Å². The van der Waals surface area contributed by atoms with Crippen LogP contribution in [0.1, 0.15) is 28.2 Å². The molecule has 0 unspecified atom stereocenters. The third kappa shape index (κ3) is 2.91. The molecular weight excluding hydrogens is 340 g/mol. The Morgan fingerprint density at radius 2 is 1.96 bits per heavy atom. The van der Waals surface area contributed by atoms with Crippen molar-refractivity contribution in [2.24, 2.45) is 5.92 Å². The van der Waals surface area contributed by atoms with Gasteiger partial charge in [-0.2, -0.15) is 5.10 Å². The first-order chi connectivity index (χ1) is 13.2. The summed E-state index contributed by atoms with van der Waals surface area (Å²) in [6.07, 6.45) is 3.00. The molecule has 1 aromatic carbocycles. The number of aryl methyl sites for hydroxylation is 2. The molecule has 2 aromatic heterocycles. The highest BCUT2D eigenvalue weighted by molar-refractivity contribution is 5.95. The molecule has 1 aliphatic heterocycles. The number of hydrogen-bond acceptors (Lipinski definition) is 4. The number of rotatable bonds is 3. The van der Waals surface area contributed by atoms with Gasteiger partial charge in [0.2, 0.25) is 0 Å². The maximum Gasteiger partial charge on any atom is 0.272 e. The first-order valence-electron chi connectivity index (χ1n) is 9.42. The van der Waals surface area contributed by atoms with Gasteiger partial charge in [0.05, 0.1) is 17.8 Å². The summed E-state index contributed by atoms with van der Waals surface area (Å²) in [4.78, 5) is 31.2. The van der Waals surface area contributed by atoms with Crippen LogP contribution in [0.2, 0.25) is 0 Å². The zero-order chi connectivity index (χ0) is 18.4. The van der Waals surface area contributed by atoms with Gasteiger partial charge in [0.25, 0.3) is 11.5 Å². The van der Waals surface area contributed by atoms with Gasteiger partial charge in [0, 0.05) is 30.5 Å². The summed E-state index contributed by atoms with van der Waals surface area (Å²) >= 11 is 0. The van der Waals surface area contributed by atoms with Crippen LogP contribution < -0.4 is 5.56 Å². The van der Waals surface area contributed by atoms with E-state index in [0.717, 1.165) is 41.4 Å². The number of hydrogen-bond donors (Lipinski definition) is 0. The fourth-order valence-electron chi connectivity index (χ4n) is 4.01. The number of likely N-dealkylation sites (tertiary alicyclic amines) is 1. The van der Waals surface area contributed by atoms with Crippen LogP contribution >= 0.6 is 0 Å². The van der Waals surface area contributed by atoms with E-state index in [4.69, 9.17) is 0 Å². The van der Waals surface area contributed by atoms with Crippen LogP contribution in [0.15, 0.2) is 47.3 Å². The summed E-state index contributed by atoms with van der Waals surface area (Å²) in [5.41, 5.74) is 3.43. The van der Waals surface area contributed by atoms with Crippen molar-refractivity contribution in [3.63, 3.8) is 0 Å². The van der Waals surface area contributed by atoms with Crippen molar-refractivity contribution in [1.29, 1.82) is 0 Å². The van der Waals surface area contributed by atoms with Crippen LogP contribution in [0, 0.1) is 5.92 Å². The number of carbonyl (C=O) groups is 1. The molecule has 6 nitrogen and oxygen atoms in total. The van der Waals surface area contributed by atoms with Crippen molar-refractivity contribution >= 4 is 16.8 Å². The van der Waals surface area contributed by atoms with Crippen molar-refractivity contribution in [3.8, 4) is 0 Å². The maximum absolute atomic E-state index is 12.7. The number of aromatic nitrogens is 3. The van der Waals surface area contributed by atoms with Crippen molar-refractivity contribution < 1.29 is 4.79 Å². The summed E-state index contributed by atoms with van der Waals surface area (Å²) in [6.45, 7) is 1.85. The summed E-state index contributed by atoms with van der Waals surface area (Å²) < 4.78 is 1.57. The number of pyridine rings is 1. The molecule has 6 heteroatoms. The average Bonchev–Trinajstić information content (AvgIpc) is 3.10. The molecule has 1 amide bonds. The molecule has 0 N–H and O–H groups in total. The lowest BCUT2D eigenvalue weighted by atomic mass is 9.99. The van der Waals surface area contributed by atoms with Crippen LogP contribution in [0.4, 0.5) is 0 Å². The molecule has 2 aliphatic rings. The number of benzene rings is 1. The van der Waals surface area contributed by atoms with Gasteiger partial charge >= 0.3 is 0 Å². The van der Waals surface area contributed by atoms with Crippen molar-refractivity contribution in [1.82, 2.24) is 19.7 Å². The monoisotopic (exact) mass is 360 g/mol. The van der Waals surface area contributed by atoms with E-state index in [-0.39, 0.29) is 17.4 Å². The predicted molar refractivity (Wildman–Crippen MR) is 102 cm³/mol. The second-order valence-electron chi connectivity index (χ2n) is 7.46. The first-order valence-corrected chi connectivity index (χ1v) is 9.42. The molecule has 1 aliphatic carbocycles. The van der Waals surface area contributed by atoms with E-state index < -0.39 is 0 Å². The Labute approximate surface area is 156 Å².